The first kappa shape index (κ1) is 33.4. The predicted octanol–water partition coefficient (Wildman–Crippen LogP) is 4.48. The summed E-state index contributed by atoms with van der Waals surface area (Å²) in [4.78, 5) is 26.5. The number of ether oxygens (including phenoxy) is 2. The van der Waals surface area contributed by atoms with Crippen molar-refractivity contribution in [2.45, 2.75) is 25.3 Å². The molecule has 4 rings (SSSR count). The van der Waals surface area contributed by atoms with E-state index in [-0.39, 0.29) is 49.7 Å². The van der Waals surface area contributed by atoms with Gasteiger partial charge in [-0.2, -0.15) is 0 Å². The fourth-order valence-electron chi connectivity index (χ4n) is 4.63. The highest BCUT2D eigenvalue weighted by molar-refractivity contribution is 5.97. The van der Waals surface area contributed by atoms with Gasteiger partial charge in [0.2, 0.25) is 5.91 Å². The van der Waals surface area contributed by atoms with Crippen LogP contribution in [0.2, 0.25) is 0 Å². The topological polar surface area (TPSA) is 130 Å². The third-order valence-corrected chi connectivity index (χ3v) is 6.72. The number of methoxy groups -OCH3 is 1. The summed E-state index contributed by atoms with van der Waals surface area (Å²) in [5.41, 5.74) is 9.96. The molecule has 0 spiro atoms. The number of nitrogens with two attached hydrogens (primary N) is 1. The van der Waals surface area contributed by atoms with Crippen LogP contribution in [-0.2, 0) is 20.9 Å². The second-order valence-electron chi connectivity index (χ2n) is 9.53. The number of hydrogen-bond acceptors (Lipinski definition) is 7. The summed E-state index contributed by atoms with van der Waals surface area (Å²) in [6.45, 7) is 2.33. The zero-order chi connectivity index (χ0) is 27.6. The fraction of sp³-hybridized carbons (Fsp3) is 0.300. The van der Waals surface area contributed by atoms with Crippen LogP contribution in [0.5, 0.6) is 5.75 Å². The van der Waals surface area contributed by atoms with E-state index in [0.717, 1.165) is 42.9 Å². The Kier molecular flexibility index (Phi) is 13.4. The molecule has 41 heavy (non-hydrogen) atoms. The van der Waals surface area contributed by atoms with Crippen molar-refractivity contribution < 1.29 is 19.1 Å². The Morgan fingerprint density at radius 1 is 1.02 bits per heavy atom. The summed E-state index contributed by atoms with van der Waals surface area (Å²) in [5.74, 6) is 0.383. The number of carbonyl (C=O) groups is 2. The zero-order valence-electron chi connectivity index (χ0n) is 22.9. The molecule has 220 valence electrons. The van der Waals surface area contributed by atoms with Gasteiger partial charge in [-0.05, 0) is 79.4 Å². The highest BCUT2D eigenvalue weighted by Crippen LogP contribution is 2.26. The predicted molar refractivity (Wildman–Crippen MR) is 167 cm³/mol. The monoisotopic (exact) mass is 601 g/mol. The van der Waals surface area contributed by atoms with E-state index < -0.39 is 5.97 Å². The Morgan fingerprint density at radius 3 is 2.41 bits per heavy atom. The molecular formula is C30H37Cl2N5O4. The lowest BCUT2D eigenvalue weighted by Crippen LogP contribution is -2.33. The number of hydrogen-bond donors (Lipinski definition) is 4. The smallest absolute Gasteiger partial charge is 0.343 e. The molecule has 1 aliphatic heterocycles. The zero-order valence-corrected chi connectivity index (χ0v) is 24.6. The third-order valence-electron chi connectivity index (χ3n) is 6.72. The molecule has 0 bridgehead atoms. The van der Waals surface area contributed by atoms with Gasteiger partial charge in [0.15, 0.2) is 6.61 Å². The summed E-state index contributed by atoms with van der Waals surface area (Å²) < 4.78 is 10.2. The molecule has 1 aliphatic rings. The molecule has 0 atom stereocenters. The normalized spacial score (nSPS) is 12.7. The minimum Gasteiger partial charge on any atom is -0.482 e. The Balaban J connectivity index is 0.00000294. The van der Waals surface area contributed by atoms with Gasteiger partial charge in [0, 0.05) is 23.5 Å². The molecule has 5 N–H and O–H groups in total. The van der Waals surface area contributed by atoms with E-state index in [0.29, 0.717) is 23.8 Å². The number of nitrogens with one attached hydrogen (secondary N) is 3. The number of amides is 1. The molecule has 1 amide bonds. The van der Waals surface area contributed by atoms with Gasteiger partial charge in [0.25, 0.3) is 0 Å². The fourth-order valence-corrected chi connectivity index (χ4v) is 4.63. The van der Waals surface area contributed by atoms with E-state index in [1.54, 1.807) is 18.2 Å². The van der Waals surface area contributed by atoms with Crippen LogP contribution in [-0.4, -0.2) is 51.1 Å². The SMILES string of the molecule is COC(=O)COc1cccc(CN(CC(=O)Nc2ccc(C3CCNCC3)cc2)c2cccc(C(=N)N)c2)c1.Cl.Cl. The first-order valence-electron chi connectivity index (χ1n) is 13.0. The molecule has 0 saturated carbocycles. The molecule has 1 heterocycles. The van der Waals surface area contributed by atoms with E-state index in [4.69, 9.17) is 15.9 Å². The molecule has 3 aromatic rings. The van der Waals surface area contributed by atoms with Crippen molar-refractivity contribution in [3.8, 4) is 5.75 Å². The van der Waals surface area contributed by atoms with Gasteiger partial charge in [0.1, 0.15) is 11.6 Å². The third kappa shape index (κ3) is 9.97. The summed E-state index contributed by atoms with van der Waals surface area (Å²) in [6.07, 6.45) is 2.24. The summed E-state index contributed by atoms with van der Waals surface area (Å²) >= 11 is 0. The minimum absolute atomic E-state index is 0. The van der Waals surface area contributed by atoms with E-state index in [2.05, 4.69) is 27.5 Å². The number of halogens is 2. The van der Waals surface area contributed by atoms with Gasteiger partial charge in [0.05, 0.1) is 13.7 Å². The van der Waals surface area contributed by atoms with Gasteiger partial charge >= 0.3 is 5.97 Å². The van der Waals surface area contributed by atoms with Gasteiger partial charge in [-0.3, -0.25) is 10.2 Å². The minimum atomic E-state index is -0.469. The average Bonchev–Trinajstić information content (AvgIpc) is 2.96. The largest absolute Gasteiger partial charge is 0.482 e. The van der Waals surface area contributed by atoms with E-state index in [1.807, 2.05) is 47.4 Å². The van der Waals surface area contributed by atoms with Crippen LogP contribution in [0.3, 0.4) is 0 Å². The number of rotatable bonds is 11. The number of nitrogens with zero attached hydrogens (tertiary/aromatic N) is 1. The molecule has 0 radical (unpaired) electrons. The lowest BCUT2D eigenvalue weighted by atomic mass is 9.90. The second-order valence-corrected chi connectivity index (χ2v) is 9.53. The summed E-state index contributed by atoms with van der Waals surface area (Å²) in [5, 5.41) is 14.2. The highest BCUT2D eigenvalue weighted by atomic mass is 35.5. The van der Waals surface area contributed by atoms with E-state index >= 15 is 0 Å². The lowest BCUT2D eigenvalue weighted by Gasteiger charge is -2.25. The van der Waals surface area contributed by atoms with Crippen LogP contribution < -0.4 is 26.0 Å². The molecule has 11 heteroatoms. The standard InChI is InChI=1S/C30H35N5O4.2ClH/c1-38-29(37)20-39-27-7-2-4-21(16-27)18-35(26-6-3-5-24(17-26)30(31)32)19-28(36)34-25-10-8-22(9-11-25)23-12-14-33-15-13-23;;/h2-11,16-17,23,33H,12-15,18-20H2,1H3,(H3,31,32)(H,34,36);2*1H. The number of amidine groups is 1. The van der Waals surface area contributed by atoms with Crippen LogP contribution in [0, 0.1) is 5.41 Å². The molecule has 3 aromatic carbocycles. The number of benzene rings is 3. The molecular weight excluding hydrogens is 565 g/mol. The lowest BCUT2D eigenvalue weighted by molar-refractivity contribution is -0.142. The average molecular weight is 603 g/mol. The van der Waals surface area contributed by atoms with Crippen LogP contribution in [0.1, 0.15) is 35.4 Å². The Hall–Kier alpha value is -3.79. The first-order valence-corrected chi connectivity index (χ1v) is 13.0. The molecule has 0 aromatic heterocycles. The Labute approximate surface area is 253 Å². The van der Waals surface area contributed by atoms with Crippen molar-refractivity contribution in [1.29, 1.82) is 5.41 Å². The van der Waals surface area contributed by atoms with Gasteiger partial charge in [-0.15, -0.1) is 24.8 Å². The van der Waals surface area contributed by atoms with Crippen molar-refractivity contribution in [3.63, 3.8) is 0 Å². The number of piperidine rings is 1. The maximum atomic E-state index is 13.2. The van der Waals surface area contributed by atoms with Crippen molar-refractivity contribution in [1.82, 2.24) is 5.32 Å². The van der Waals surface area contributed by atoms with Crippen molar-refractivity contribution in [2.24, 2.45) is 5.73 Å². The maximum Gasteiger partial charge on any atom is 0.343 e. The van der Waals surface area contributed by atoms with Crippen LogP contribution in [0.4, 0.5) is 11.4 Å². The van der Waals surface area contributed by atoms with Crippen LogP contribution >= 0.6 is 24.8 Å². The molecule has 1 fully saturated rings. The van der Waals surface area contributed by atoms with Crippen LogP contribution in [0.15, 0.2) is 72.8 Å². The number of carbonyl (C=O) groups excluding carboxylic acids is 2. The highest BCUT2D eigenvalue weighted by Gasteiger charge is 2.17. The van der Waals surface area contributed by atoms with Gasteiger partial charge in [-0.1, -0.05) is 36.4 Å². The Bertz CT molecular complexity index is 1300. The van der Waals surface area contributed by atoms with Gasteiger partial charge < -0.3 is 30.7 Å². The summed E-state index contributed by atoms with van der Waals surface area (Å²) in [6, 6.07) is 22.7. The van der Waals surface area contributed by atoms with E-state index in [9.17, 15) is 9.59 Å². The molecule has 9 nitrogen and oxygen atoms in total. The molecule has 0 unspecified atom stereocenters. The molecule has 1 saturated heterocycles. The van der Waals surface area contributed by atoms with Crippen molar-refractivity contribution in [2.75, 3.05) is 43.6 Å². The second kappa shape index (κ2) is 16.5. The van der Waals surface area contributed by atoms with E-state index in [1.165, 1.54) is 12.7 Å². The van der Waals surface area contributed by atoms with Crippen molar-refractivity contribution >= 4 is 53.9 Å². The Morgan fingerprint density at radius 2 is 1.73 bits per heavy atom. The number of nitrogen functional groups attached to an aromatic ring is 1. The summed E-state index contributed by atoms with van der Waals surface area (Å²) in [7, 11) is 1.31. The van der Waals surface area contributed by atoms with Crippen molar-refractivity contribution in [3.05, 3.63) is 89.5 Å². The molecule has 0 aliphatic carbocycles. The van der Waals surface area contributed by atoms with Crippen LogP contribution in [0.25, 0.3) is 0 Å². The first-order chi connectivity index (χ1) is 18.9. The number of anilines is 2. The number of esters is 1. The van der Waals surface area contributed by atoms with Gasteiger partial charge in [-0.25, -0.2) is 4.79 Å². The maximum absolute atomic E-state index is 13.2. The quantitative estimate of drug-likeness (QED) is 0.145.